The van der Waals surface area contributed by atoms with E-state index in [1.165, 1.54) is 39.0 Å². The zero-order chi connectivity index (χ0) is 30.2. The molecule has 0 spiro atoms. The lowest BCUT2D eigenvalue weighted by molar-refractivity contribution is 0.111. The molecular formula is C40H34N2O2. The van der Waals surface area contributed by atoms with E-state index in [1.807, 2.05) is 48.5 Å². The van der Waals surface area contributed by atoms with Crippen molar-refractivity contribution in [2.45, 2.75) is 39.0 Å². The number of rotatable bonds is 6. The summed E-state index contributed by atoms with van der Waals surface area (Å²) in [6.07, 6.45) is 9.26. The summed E-state index contributed by atoms with van der Waals surface area (Å²) in [6, 6.07) is 31.1. The van der Waals surface area contributed by atoms with E-state index in [0.717, 1.165) is 76.2 Å². The molecule has 2 heterocycles. The maximum atomic E-state index is 11.6. The Hall–Kier alpha value is -5.22. The molecule has 8 rings (SSSR count). The first-order chi connectivity index (χ1) is 21.6. The summed E-state index contributed by atoms with van der Waals surface area (Å²) in [5.41, 5.74) is 15.0. The molecular weight excluding hydrogens is 540 g/mol. The highest BCUT2D eigenvalue weighted by molar-refractivity contribution is 6.01. The predicted molar refractivity (Wildman–Crippen MR) is 180 cm³/mol. The molecule has 2 N–H and O–H groups in total. The highest BCUT2D eigenvalue weighted by Gasteiger charge is 2.24. The van der Waals surface area contributed by atoms with Crippen LogP contribution >= 0.6 is 0 Å². The first kappa shape index (κ1) is 27.6. The molecule has 2 aliphatic carbocycles. The number of allylic oxidation sites excluding steroid dienone is 4. The number of aryl methyl sites for hydroxylation is 1. The van der Waals surface area contributed by atoms with Gasteiger partial charge >= 0.3 is 0 Å². The lowest BCUT2D eigenvalue weighted by Gasteiger charge is -2.14. The van der Waals surface area contributed by atoms with Crippen LogP contribution in [0.2, 0.25) is 0 Å². The third-order valence-corrected chi connectivity index (χ3v) is 9.15. The number of H-pyrrole nitrogens is 2. The van der Waals surface area contributed by atoms with Crippen LogP contribution in [0, 0.1) is 6.92 Å². The topological polar surface area (TPSA) is 65.7 Å². The average molecular weight is 575 g/mol. The van der Waals surface area contributed by atoms with Crippen molar-refractivity contribution < 1.29 is 9.59 Å². The number of aldehydes is 2. The number of nitrogens with one attached hydrogen (secondary N) is 2. The van der Waals surface area contributed by atoms with Crippen molar-refractivity contribution in [2.24, 2.45) is 0 Å². The van der Waals surface area contributed by atoms with Crippen molar-refractivity contribution >= 4 is 45.5 Å². The Morgan fingerprint density at radius 2 is 1.36 bits per heavy atom. The summed E-state index contributed by atoms with van der Waals surface area (Å²) in [4.78, 5) is 30.0. The fourth-order valence-electron chi connectivity index (χ4n) is 6.93. The number of aromatic nitrogens is 2. The number of para-hydroxylation sites is 2. The Morgan fingerprint density at radius 3 is 2.14 bits per heavy atom. The SMILES string of the molecule is CC(C1=CCc2ccccc21)c1[nH]c2ccccc2c1C=O.Cc1ccc2c(c1)CC=C2Cc1[nH]c2ccccc2c1C=O. The lowest BCUT2D eigenvalue weighted by Crippen LogP contribution is -2.00. The van der Waals surface area contributed by atoms with Crippen molar-refractivity contribution in [1.29, 1.82) is 0 Å². The summed E-state index contributed by atoms with van der Waals surface area (Å²) in [5.74, 6) is 0.177. The largest absolute Gasteiger partial charge is 0.358 e. The third kappa shape index (κ3) is 4.83. The van der Waals surface area contributed by atoms with E-state index in [0.29, 0.717) is 0 Å². The van der Waals surface area contributed by atoms with Gasteiger partial charge in [-0.1, -0.05) is 104 Å². The van der Waals surface area contributed by atoms with Crippen molar-refractivity contribution in [3.05, 3.63) is 153 Å². The van der Waals surface area contributed by atoms with E-state index in [4.69, 9.17) is 0 Å². The standard InChI is InChI=1S/2C20H17NO/c1-13(15-11-10-14-6-2-3-7-16(14)15)20-18(12-22)17-8-4-5-9-19(17)21-20;1-13-6-9-16-14(10-13)7-8-15(16)11-20-18(12-22)17-4-2-3-5-19(17)21-20/h2-9,11-13,21H,10H2,1H3;2-6,8-10,12,21H,7,11H2,1H3. The zero-order valence-corrected chi connectivity index (χ0v) is 25.0. The van der Waals surface area contributed by atoms with Gasteiger partial charge in [-0.3, -0.25) is 9.59 Å². The Labute approximate surface area is 257 Å². The van der Waals surface area contributed by atoms with Crippen LogP contribution in [-0.2, 0) is 19.3 Å². The van der Waals surface area contributed by atoms with Crippen LogP contribution < -0.4 is 0 Å². The van der Waals surface area contributed by atoms with Crippen molar-refractivity contribution in [1.82, 2.24) is 9.97 Å². The highest BCUT2D eigenvalue weighted by atomic mass is 16.1. The number of hydrogen-bond donors (Lipinski definition) is 2. The van der Waals surface area contributed by atoms with E-state index in [-0.39, 0.29) is 5.92 Å². The highest BCUT2D eigenvalue weighted by Crippen LogP contribution is 2.40. The van der Waals surface area contributed by atoms with Gasteiger partial charge in [-0.25, -0.2) is 0 Å². The zero-order valence-electron chi connectivity index (χ0n) is 25.0. The number of aromatic amines is 2. The molecule has 4 aromatic carbocycles. The van der Waals surface area contributed by atoms with Crippen LogP contribution in [-0.4, -0.2) is 22.5 Å². The van der Waals surface area contributed by atoms with Crippen molar-refractivity contribution in [2.75, 3.05) is 0 Å². The second-order valence-electron chi connectivity index (χ2n) is 11.8. The molecule has 2 aliphatic rings. The van der Waals surface area contributed by atoms with Gasteiger partial charge in [0.05, 0.1) is 0 Å². The van der Waals surface area contributed by atoms with E-state index >= 15 is 0 Å². The molecule has 4 heteroatoms. The Balaban J connectivity index is 0.000000142. The fraction of sp³-hybridized carbons (Fsp3) is 0.150. The van der Waals surface area contributed by atoms with Crippen LogP contribution in [0.3, 0.4) is 0 Å². The molecule has 0 bridgehead atoms. The molecule has 0 saturated carbocycles. The third-order valence-electron chi connectivity index (χ3n) is 9.15. The van der Waals surface area contributed by atoms with Crippen LogP contribution in [0.25, 0.3) is 33.0 Å². The minimum atomic E-state index is 0.177. The second kappa shape index (κ2) is 11.5. The van der Waals surface area contributed by atoms with E-state index < -0.39 is 0 Å². The molecule has 0 fully saturated rings. The number of benzene rings is 4. The van der Waals surface area contributed by atoms with E-state index in [2.05, 4.69) is 78.4 Å². The van der Waals surface area contributed by atoms with Crippen LogP contribution in [0.5, 0.6) is 0 Å². The fourth-order valence-corrected chi connectivity index (χ4v) is 6.93. The first-order valence-electron chi connectivity index (χ1n) is 15.2. The molecule has 6 aromatic rings. The van der Waals surface area contributed by atoms with Crippen LogP contribution in [0.1, 0.15) is 72.8 Å². The number of carbonyl (C=O) groups excluding carboxylic acids is 2. The van der Waals surface area contributed by atoms with Gasteiger partial charge in [0.2, 0.25) is 0 Å². The molecule has 2 aromatic heterocycles. The molecule has 216 valence electrons. The van der Waals surface area contributed by atoms with Crippen molar-refractivity contribution in [3.63, 3.8) is 0 Å². The normalized spacial score (nSPS) is 14.0. The lowest BCUT2D eigenvalue weighted by atomic mass is 9.91. The van der Waals surface area contributed by atoms with Crippen molar-refractivity contribution in [3.8, 4) is 0 Å². The van der Waals surface area contributed by atoms with Gasteiger partial charge in [0, 0.05) is 56.7 Å². The number of hydrogen-bond acceptors (Lipinski definition) is 2. The summed E-state index contributed by atoms with van der Waals surface area (Å²) in [7, 11) is 0. The summed E-state index contributed by atoms with van der Waals surface area (Å²) >= 11 is 0. The second-order valence-corrected chi connectivity index (χ2v) is 11.8. The van der Waals surface area contributed by atoms with Gasteiger partial charge in [-0.2, -0.15) is 0 Å². The van der Waals surface area contributed by atoms with E-state index in [1.54, 1.807) is 0 Å². The predicted octanol–water partition coefficient (Wildman–Crippen LogP) is 9.19. The molecule has 0 amide bonds. The minimum absolute atomic E-state index is 0.177. The Bertz CT molecular complexity index is 2120. The molecule has 0 radical (unpaired) electrons. The maximum Gasteiger partial charge on any atom is 0.152 e. The first-order valence-corrected chi connectivity index (χ1v) is 15.2. The molecule has 44 heavy (non-hydrogen) atoms. The molecule has 1 atom stereocenters. The number of fused-ring (bicyclic) bond motifs is 4. The summed E-state index contributed by atoms with van der Waals surface area (Å²) in [6.45, 7) is 4.30. The van der Waals surface area contributed by atoms with Gasteiger partial charge in [0.1, 0.15) is 0 Å². The Kier molecular flexibility index (Phi) is 7.19. The minimum Gasteiger partial charge on any atom is -0.358 e. The van der Waals surface area contributed by atoms with Gasteiger partial charge in [0.15, 0.2) is 12.6 Å². The van der Waals surface area contributed by atoms with Gasteiger partial charge in [0.25, 0.3) is 0 Å². The maximum absolute atomic E-state index is 11.6. The number of carbonyl (C=O) groups is 2. The smallest absolute Gasteiger partial charge is 0.152 e. The molecule has 1 unspecified atom stereocenters. The Morgan fingerprint density at radius 1 is 0.705 bits per heavy atom. The molecule has 4 nitrogen and oxygen atoms in total. The summed E-state index contributed by atoms with van der Waals surface area (Å²) in [5, 5.41) is 2.02. The summed E-state index contributed by atoms with van der Waals surface area (Å²) < 4.78 is 0. The quantitative estimate of drug-likeness (QED) is 0.195. The van der Waals surface area contributed by atoms with Crippen LogP contribution in [0.4, 0.5) is 0 Å². The van der Waals surface area contributed by atoms with Gasteiger partial charge in [-0.15, -0.1) is 0 Å². The van der Waals surface area contributed by atoms with Gasteiger partial charge < -0.3 is 9.97 Å². The van der Waals surface area contributed by atoms with Crippen LogP contribution in [0.15, 0.2) is 103 Å². The van der Waals surface area contributed by atoms with Gasteiger partial charge in [-0.05, 0) is 65.3 Å². The molecule has 0 aliphatic heterocycles. The monoisotopic (exact) mass is 574 g/mol. The van der Waals surface area contributed by atoms with E-state index in [9.17, 15) is 9.59 Å². The average Bonchev–Trinajstić information content (AvgIpc) is 3.83. The molecule has 0 saturated heterocycles.